The molecule has 2 atom stereocenters. The Morgan fingerprint density at radius 2 is 1.98 bits per heavy atom. The Bertz CT molecular complexity index is 2310. The Kier molecular flexibility index (Phi) is 11.5. The number of phenols is 1. The summed E-state index contributed by atoms with van der Waals surface area (Å²) in [6.07, 6.45) is 7.82. The zero-order valence-corrected chi connectivity index (χ0v) is 35.0. The number of fused-ring (bicyclic) bond motifs is 3. The summed E-state index contributed by atoms with van der Waals surface area (Å²) in [5.41, 5.74) is 11.7. The van der Waals surface area contributed by atoms with Gasteiger partial charge in [0.25, 0.3) is 5.91 Å². The third kappa shape index (κ3) is 7.37. The van der Waals surface area contributed by atoms with Crippen LogP contribution in [-0.4, -0.2) is 107 Å². The van der Waals surface area contributed by atoms with Gasteiger partial charge in [0.05, 0.1) is 40.5 Å². The molecule has 2 saturated heterocycles. The highest BCUT2D eigenvalue weighted by molar-refractivity contribution is 6.51. The van der Waals surface area contributed by atoms with Gasteiger partial charge < -0.3 is 25.4 Å². The molecular weight excluding hydrogens is 739 g/mol. The number of hydrogen-bond acceptors (Lipinski definition) is 10. The van der Waals surface area contributed by atoms with Crippen molar-refractivity contribution in [1.29, 1.82) is 0 Å². The lowest BCUT2D eigenvalue weighted by Crippen LogP contribution is -2.43. The predicted molar refractivity (Wildman–Crippen MR) is 229 cm³/mol. The van der Waals surface area contributed by atoms with Crippen LogP contribution in [0.4, 0.5) is 14.6 Å². The lowest BCUT2D eigenvalue weighted by molar-refractivity contribution is -0.124. The van der Waals surface area contributed by atoms with Gasteiger partial charge in [-0.2, -0.15) is 9.97 Å². The van der Waals surface area contributed by atoms with Crippen molar-refractivity contribution in [3.63, 3.8) is 0 Å². The number of rotatable bonds is 9. The number of benzene rings is 2. The Morgan fingerprint density at radius 3 is 2.69 bits per heavy atom. The van der Waals surface area contributed by atoms with E-state index in [1.54, 1.807) is 20.2 Å². The highest BCUT2D eigenvalue weighted by Crippen LogP contribution is 2.48. The van der Waals surface area contributed by atoms with Crippen molar-refractivity contribution < 1.29 is 23.4 Å². The molecule has 2 fully saturated rings. The number of nitrogens with zero attached hydrogens (tertiary/aromatic N) is 7. The summed E-state index contributed by atoms with van der Waals surface area (Å²) in [7, 11) is 3.31. The highest BCUT2D eigenvalue weighted by atomic mass is 19.1. The fourth-order valence-electron chi connectivity index (χ4n) is 9.46. The molecule has 0 spiro atoms. The molecule has 11 nitrogen and oxygen atoms in total. The molecule has 0 bridgehead atoms. The summed E-state index contributed by atoms with van der Waals surface area (Å²) in [4.78, 5) is 39.3. The lowest BCUT2D eigenvalue weighted by Gasteiger charge is -2.33. The molecule has 7 rings (SSSR count). The van der Waals surface area contributed by atoms with Gasteiger partial charge in [0.1, 0.15) is 18.2 Å². The largest absolute Gasteiger partial charge is 0.505 e. The summed E-state index contributed by atoms with van der Waals surface area (Å²) >= 11 is 0. The first-order valence-electron chi connectivity index (χ1n) is 20.5. The van der Waals surface area contributed by atoms with Crippen LogP contribution in [0.3, 0.4) is 0 Å². The van der Waals surface area contributed by atoms with Crippen LogP contribution in [0.15, 0.2) is 46.0 Å². The van der Waals surface area contributed by atoms with E-state index in [1.807, 2.05) is 40.7 Å². The molecular formula is C45H56F2N8O3. The van der Waals surface area contributed by atoms with E-state index in [2.05, 4.69) is 16.7 Å². The van der Waals surface area contributed by atoms with E-state index in [0.29, 0.717) is 95.6 Å². The molecule has 0 radical (unpaired) electrons. The van der Waals surface area contributed by atoms with Gasteiger partial charge in [-0.3, -0.25) is 19.7 Å². The summed E-state index contributed by atoms with van der Waals surface area (Å²) in [5.74, 6) is -0.924. The second-order valence-electron chi connectivity index (χ2n) is 16.7. The molecule has 0 saturated carbocycles. The van der Waals surface area contributed by atoms with E-state index < -0.39 is 17.4 Å². The Labute approximate surface area is 340 Å². The SMILES string of the molecule is C/C=C1\C(=NC(C)C)C(c2cc(O)c(F)c3ccc(F)c(CC)c23)=C(C)c2nc(OCC34CCCN3CC(C)C4)nc(N3CCCN=C(/C=C(\N)C(=O)N(C)C)C3)c21. The summed E-state index contributed by atoms with van der Waals surface area (Å²) in [6, 6.07) is 4.08. The number of allylic oxidation sites excluding steroid dienone is 4. The maximum absolute atomic E-state index is 15.7. The molecule has 1 aliphatic carbocycles. The first-order valence-corrected chi connectivity index (χ1v) is 20.5. The number of ether oxygens (including phenoxy) is 1. The van der Waals surface area contributed by atoms with Gasteiger partial charge in [0.15, 0.2) is 11.6 Å². The van der Waals surface area contributed by atoms with Gasteiger partial charge >= 0.3 is 6.01 Å². The van der Waals surface area contributed by atoms with Crippen molar-refractivity contribution in [2.45, 2.75) is 85.2 Å². The fraction of sp³-hybridized carbons (Fsp3) is 0.489. The maximum atomic E-state index is 15.7. The van der Waals surface area contributed by atoms with Crippen LogP contribution in [0.5, 0.6) is 11.8 Å². The Morgan fingerprint density at radius 1 is 1.21 bits per heavy atom. The van der Waals surface area contributed by atoms with Crippen LogP contribution < -0.4 is 15.4 Å². The van der Waals surface area contributed by atoms with Gasteiger partial charge in [-0.15, -0.1) is 0 Å². The number of aryl methyl sites for hydroxylation is 1. The van der Waals surface area contributed by atoms with E-state index >= 15 is 8.78 Å². The van der Waals surface area contributed by atoms with Gasteiger partial charge in [0.2, 0.25) is 0 Å². The first-order chi connectivity index (χ1) is 27.7. The third-order valence-corrected chi connectivity index (χ3v) is 11.9. The number of carbonyl (C=O) groups excluding carboxylic acids is 1. The summed E-state index contributed by atoms with van der Waals surface area (Å²) in [5, 5.41) is 11.6. The van der Waals surface area contributed by atoms with E-state index in [4.69, 9.17) is 30.4 Å². The molecule has 4 aliphatic rings. The molecule has 3 aromatic rings. The zero-order valence-electron chi connectivity index (χ0n) is 35.0. The number of likely N-dealkylation sites (N-methyl/N-ethyl adjacent to an activating group) is 1. The Balaban J connectivity index is 1.48. The van der Waals surface area contributed by atoms with Gasteiger partial charge in [-0.05, 0) is 119 Å². The molecule has 13 heteroatoms. The average Bonchev–Trinajstić information content (AvgIpc) is 3.61. The smallest absolute Gasteiger partial charge is 0.319 e. The molecule has 1 aromatic heterocycles. The maximum Gasteiger partial charge on any atom is 0.319 e. The minimum Gasteiger partial charge on any atom is -0.505 e. The second kappa shape index (κ2) is 16.2. The Hall–Kier alpha value is -5.17. The van der Waals surface area contributed by atoms with E-state index in [9.17, 15) is 9.90 Å². The van der Waals surface area contributed by atoms with E-state index in [0.717, 1.165) is 43.5 Å². The van der Waals surface area contributed by atoms with Crippen LogP contribution in [-0.2, 0) is 11.2 Å². The molecule has 3 aliphatic heterocycles. The summed E-state index contributed by atoms with van der Waals surface area (Å²) < 4.78 is 38.1. The van der Waals surface area contributed by atoms with Crippen LogP contribution in [0, 0.1) is 17.6 Å². The van der Waals surface area contributed by atoms with Crippen molar-refractivity contribution in [2.75, 3.05) is 58.3 Å². The quantitative estimate of drug-likeness (QED) is 0.218. The molecule has 2 unspecified atom stereocenters. The molecule has 308 valence electrons. The average molecular weight is 795 g/mol. The predicted octanol–water partition coefficient (Wildman–Crippen LogP) is 7.21. The molecule has 58 heavy (non-hydrogen) atoms. The second-order valence-corrected chi connectivity index (χ2v) is 16.7. The van der Waals surface area contributed by atoms with Gasteiger partial charge in [-0.25, -0.2) is 8.78 Å². The minimum atomic E-state index is -0.807. The van der Waals surface area contributed by atoms with Crippen molar-refractivity contribution >= 4 is 50.6 Å². The number of amides is 1. The molecule has 2 aromatic carbocycles. The highest BCUT2D eigenvalue weighted by Gasteiger charge is 2.48. The molecule has 4 heterocycles. The minimum absolute atomic E-state index is 0.0879. The number of nitrogens with two attached hydrogens (primary N) is 1. The number of anilines is 1. The number of aliphatic imine (C=N–C) groups is 2. The molecule has 3 N–H and O–H groups in total. The number of hydrogen-bond donors (Lipinski definition) is 2. The number of aromatic nitrogens is 2. The van der Waals surface area contributed by atoms with Gasteiger partial charge in [0, 0.05) is 56.3 Å². The number of aromatic hydroxyl groups is 1. The van der Waals surface area contributed by atoms with Crippen molar-refractivity contribution in [2.24, 2.45) is 21.6 Å². The zero-order chi connectivity index (χ0) is 41.6. The van der Waals surface area contributed by atoms with Crippen molar-refractivity contribution in [3.8, 4) is 11.8 Å². The first kappa shape index (κ1) is 41.0. The summed E-state index contributed by atoms with van der Waals surface area (Å²) in [6.45, 7) is 15.9. The van der Waals surface area contributed by atoms with Crippen LogP contribution in [0.25, 0.3) is 27.5 Å². The van der Waals surface area contributed by atoms with Crippen LogP contribution in [0.2, 0.25) is 0 Å². The fourth-order valence-corrected chi connectivity index (χ4v) is 9.46. The number of carbonyl (C=O) groups is 1. The topological polar surface area (TPSA) is 133 Å². The van der Waals surface area contributed by atoms with E-state index in [1.165, 1.54) is 23.1 Å². The van der Waals surface area contributed by atoms with E-state index in [-0.39, 0.29) is 34.6 Å². The monoisotopic (exact) mass is 794 g/mol. The third-order valence-electron chi connectivity index (χ3n) is 11.9. The van der Waals surface area contributed by atoms with Gasteiger partial charge in [-0.1, -0.05) is 19.9 Å². The normalized spacial score (nSPS) is 22.9. The van der Waals surface area contributed by atoms with Crippen LogP contribution in [0.1, 0.15) is 89.6 Å². The number of phenolic OH excluding ortho intramolecular Hbond substituents is 1. The van der Waals surface area contributed by atoms with Crippen LogP contribution >= 0.6 is 0 Å². The van der Waals surface area contributed by atoms with Crippen molar-refractivity contribution in [3.05, 3.63) is 70.1 Å². The lowest BCUT2D eigenvalue weighted by atomic mass is 9.78. The number of halogens is 2. The standard InChI is InChI=1S/C45H56F2N8O3/c1-9-29-33(46)14-13-31-37(29)32(20-35(56)39(31)47)36-27(6)40-38(30(10-2)41(36)50-25(3)4)42(54-17-12-16-49-28(23-54)19-34(48)43(57)53(7)8)52-44(51-40)58-24-45-15-11-18-55(45)22-26(5)21-45/h10,13-14,19-20,25-26,56H,9,11-12,15-18,21-24,48H2,1-8H3/b30-10-,34-19-,50-41?. The van der Waals surface area contributed by atoms with Crippen molar-refractivity contribution in [1.82, 2.24) is 19.8 Å². The molecule has 1 amide bonds.